The zero-order valence-corrected chi connectivity index (χ0v) is 11.4. The number of hydrogen-bond donors (Lipinski definition) is 0. The van der Waals surface area contributed by atoms with Gasteiger partial charge in [-0.3, -0.25) is 9.59 Å². The normalized spacial score (nSPS) is 24.7. The van der Waals surface area contributed by atoms with Crippen molar-refractivity contribution in [3.63, 3.8) is 0 Å². The fourth-order valence-corrected chi connectivity index (χ4v) is 2.38. The third-order valence-corrected chi connectivity index (χ3v) is 3.60. The third kappa shape index (κ3) is 2.90. The first-order chi connectivity index (χ1) is 8.54. The lowest BCUT2D eigenvalue weighted by molar-refractivity contribution is -0.274. The van der Waals surface area contributed by atoms with E-state index in [1.54, 1.807) is 0 Å². The van der Waals surface area contributed by atoms with Crippen LogP contribution in [0.15, 0.2) is 0 Å². The molecule has 2 unspecified atom stereocenters. The Morgan fingerprint density at radius 2 is 1.79 bits per heavy atom. The molecule has 0 aromatic carbocycles. The van der Waals surface area contributed by atoms with Gasteiger partial charge < -0.3 is 4.90 Å². The number of carbonyl (C=O) groups is 2. The average molecular weight is 352 g/mol. The van der Waals surface area contributed by atoms with E-state index in [1.807, 2.05) is 0 Å². The van der Waals surface area contributed by atoms with Crippen molar-refractivity contribution in [2.24, 2.45) is 5.92 Å². The van der Waals surface area contributed by atoms with Crippen molar-refractivity contribution in [1.29, 1.82) is 0 Å². The minimum absolute atomic E-state index is 0.205. The Labute approximate surface area is 114 Å². The standard InChI is InChI=1S/C10H11BrF5NO2/c1-5-2-3-17(7(5)6(18)4-11)8(19)9(12,13)10(14,15)16/h5,7H,2-4H2,1H3. The highest BCUT2D eigenvalue weighted by Gasteiger charge is 2.66. The molecule has 0 radical (unpaired) electrons. The highest BCUT2D eigenvalue weighted by Crippen LogP contribution is 2.39. The largest absolute Gasteiger partial charge is 0.463 e. The Kier molecular flexibility index (Phi) is 4.58. The van der Waals surface area contributed by atoms with Crippen LogP contribution in [-0.2, 0) is 9.59 Å². The summed E-state index contributed by atoms with van der Waals surface area (Å²) in [6, 6.07) is -1.24. The van der Waals surface area contributed by atoms with Crippen LogP contribution in [0.4, 0.5) is 22.0 Å². The second-order valence-corrected chi connectivity index (χ2v) is 4.94. The first-order valence-corrected chi connectivity index (χ1v) is 6.50. The lowest BCUT2D eigenvalue weighted by Gasteiger charge is -2.29. The van der Waals surface area contributed by atoms with Crippen molar-refractivity contribution in [3.8, 4) is 0 Å². The third-order valence-electron chi connectivity index (χ3n) is 3.05. The maximum absolute atomic E-state index is 13.0. The molecule has 19 heavy (non-hydrogen) atoms. The van der Waals surface area contributed by atoms with Gasteiger partial charge in [-0.1, -0.05) is 22.9 Å². The molecule has 1 heterocycles. The van der Waals surface area contributed by atoms with Gasteiger partial charge in [-0.25, -0.2) is 0 Å². The summed E-state index contributed by atoms with van der Waals surface area (Å²) < 4.78 is 62.5. The lowest BCUT2D eigenvalue weighted by Crippen LogP contribution is -2.55. The molecule has 9 heteroatoms. The molecule has 3 nitrogen and oxygen atoms in total. The Hall–Kier alpha value is -0.730. The SMILES string of the molecule is CC1CCN(C(=O)C(F)(F)C(F)(F)F)C1C(=O)CBr. The molecule has 0 aliphatic carbocycles. The number of alkyl halides is 6. The summed E-state index contributed by atoms with van der Waals surface area (Å²) >= 11 is 2.82. The monoisotopic (exact) mass is 351 g/mol. The van der Waals surface area contributed by atoms with Gasteiger partial charge >= 0.3 is 18.0 Å². The van der Waals surface area contributed by atoms with E-state index in [-0.39, 0.29) is 18.3 Å². The Morgan fingerprint density at radius 3 is 2.21 bits per heavy atom. The Balaban J connectivity index is 3.02. The van der Waals surface area contributed by atoms with E-state index in [4.69, 9.17) is 0 Å². The van der Waals surface area contributed by atoms with Crippen LogP contribution in [0.25, 0.3) is 0 Å². The van der Waals surface area contributed by atoms with Gasteiger partial charge in [0.2, 0.25) is 0 Å². The van der Waals surface area contributed by atoms with E-state index < -0.39 is 35.7 Å². The number of rotatable bonds is 3. The van der Waals surface area contributed by atoms with Crippen LogP contribution >= 0.6 is 15.9 Å². The summed E-state index contributed by atoms with van der Waals surface area (Å²) in [4.78, 5) is 23.3. The number of carbonyl (C=O) groups excluding carboxylic acids is 2. The minimum Gasteiger partial charge on any atom is -0.327 e. The fourth-order valence-electron chi connectivity index (χ4n) is 2.05. The topological polar surface area (TPSA) is 37.4 Å². The molecular weight excluding hydrogens is 341 g/mol. The van der Waals surface area contributed by atoms with Gasteiger partial charge in [-0.15, -0.1) is 0 Å². The second-order valence-electron chi connectivity index (χ2n) is 4.38. The number of likely N-dealkylation sites (tertiary alicyclic amines) is 1. The number of amides is 1. The van der Waals surface area contributed by atoms with Gasteiger partial charge in [0.25, 0.3) is 0 Å². The second kappa shape index (κ2) is 5.34. The molecule has 0 saturated carbocycles. The number of ketones is 1. The molecule has 1 saturated heterocycles. The quantitative estimate of drug-likeness (QED) is 0.578. The molecule has 0 N–H and O–H groups in total. The summed E-state index contributed by atoms with van der Waals surface area (Å²) in [6.07, 6.45) is -5.75. The first kappa shape index (κ1) is 16.3. The van der Waals surface area contributed by atoms with Crippen molar-refractivity contribution in [2.75, 3.05) is 11.9 Å². The van der Waals surface area contributed by atoms with Crippen molar-refractivity contribution in [2.45, 2.75) is 31.5 Å². The molecule has 0 aromatic rings. The highest BCUT2D eigenvalue weighted by molar-refractivity contribution is 9.09. The van der Waals surface area contributed by atoms with E-state index in [0.29, 0.717) is 4.90 Å². The molecule has 110 valence electrons. The van der Waals surface area contributed by atoms with Gasteiger partial charge in [0.15, 0.2) is 5.78 Å². The maximum Gasteiger partial charge on any atom is 0.463 e. The van der Waals surface area contributed by atoms with Gasteiger partial charge in [0.05, 0.1) is 11.4 Å². The smallest absolute Gasteiger partial charge is 0.327 e. The van der Waals surface area contributed by atoms with Crippen LogP contribution in [0, 0.1) is 5.92 Å². The minimum atomic E-state index is -5.96. The predicted octanol–water partition coefficient (Wildman–Crippen LogP) is 2.39. The van der Waals surface area contributed by atoms with Crippen LogP contribution in [0.1, 0.15) is 13.3 Å². The molecular formula is C10H11BrF5NO2. The van der Waals surface area contributed by atoms with Crippen LogP contribution < -0.4 is 0 Å². The molecule has 1 aliphatic rings. The maximum atomic E-state index is 13.0. The van der Waals surface area contributed by atoms with Crippen LogP contribution in [0.3, 0.4) is 0 Å². The van der Waals surface area contributed by atoms with Gasteiger partial charge in [-0.05, 0) is 12.3 Å². The fraction of sp³-hybridized carbons (Fsp3) is 0.800. The summed E-state index contributed by atoms with van der Waals surface area (Å²) in [5, 5.41) is -0.205. The summed E-state index contributed by atoms with van der Waals surface area (Å²) in [5.41, 5.74) is 0. The zero-order chi connectivity index (χ0) is 15.0. The van der Waals surface area contributed by atoms with Crippen molar-refractivity contribution < 1.29 is 31.5 Å². The number of halogens is 6. The van der Waals surface area contributed by atoms with E-state index in [2.05, 4.69) is 15.9 Å². The van der Waals surface area contributed by atoms with Crippen LogP contribution in [-0.4, -0.2) is 46.6 Å². The van der Waals surface area contributed by atoms with Crippen molar-refractivity contribution >= 4 is 27.6 Å². The molecule has 1 fully saturated rings. The molecule has 1 amide bonds. The molecule has 0 aromatic heterocycles. The molecule has 1 rings (SSSR count). The molecule has 0 spiro atoms. The first-order valence-electron chi connectivity index (χ1n) is 5.38. The average Bonchev–Trinajstić information content (AvgIpc) is 2.67. The summed E-state index contributed by atoms with van der Waals surface area (Å²) in [5.74, 6) is -8.86. The molecule has 2 atom stereocenters. The predicted molar refractivity (Wildman–Crippen MR) is 59.1 cm³/mol. The van der Waals surface area contributed by atoms with Gasteiger partial charge in [0.1, 0.15) is 0 Å². The van der Waals surface area contributed by atoms with Crippen molar-refractivity contribution in [3.05, 3.63) is 0 Å². The molecule has 0 bridgehead atoms. The van der Waals surface area contributed by atoms with E-state index in [9.17, 15) is 31.5 Å². The number of nitrogens with zero attached hydrogens (tertiary/aromatic N) is 1. The number of Topliss-reactive ketones (excluding diaryl/α,β-unsaturated/α-hetero) is 1. The zero-order valence-electron chi connectivity index (χ0n) is 9.81. The highest BCUT2D eigenvalue weighted by atomic mass is 79.9. The lowest BCUT2D eigenvalue weighted by atomic mass is 9.99. The summed E-state index contributed by atoms with van der Waals surface area (Å²) in [7, 11) is 0. The van der Waals surface area contributed by atoms with Gasteiger partial charge in [-0.2, -0.15) is 22.0 Å². The van der Waals surface area contributed by atoms with Crippen molar-refractivity contribution in [1.82, 2.24) is 4.90 Å². The van der Waals surface area contributed by atoms with Crippen LogP contribution in [0.5, 0.6) is 0 Å². The van der Waals surface area contributed by atoms with Crippen LogP contribution in [0.2, 0.25) is 0 Å². The number of hydrogen-bond acceptors (Lipinski definition) is 2. The van der Waals surface area contributed by atoms with E-state index in [0.717, 1.165) is 0 Å². The van der Waals surface area contributed by atoms with E-state index in [1.165, 1.54) is 6.92 Å². The van der Waals surface area contributed by atoms with E-state index >= 15 is 0 Å². The molecule has 1 aliphatic heterocycles. The van der Waals surface area contributed by atoms with Gasteiger partial charge in [0, 0.05) is 6.54 Å². The summed E-state index contributed by atoms with van der Waals surface area (Å²) in [6.45, 7) is 1.25. The Bertz CT molecular complexity index is 385. The Morgan fingerprint density at radius 1 is 1.26 bits per heavy atom.